The lowest BCUT2D eigenvalue weighted by Gasteiger charge is -2.30. The molecule has 0 atom stereocenters. The van der Waals surface area contributed by atoms with Crippen LogP contribution in [-0.4, -0.2) is 44.8 Å². The van der Waals surface area contributed by atoms with Gasteiger partial charge in [0.15, 0.2) is 0 Å². The van der Waals surface area contributed by atoms with E-state index in [1.54, 1.807) is 13.1 Å². The van der Waals surface area contributed by atoms with Crippen molar-refractivity contribution < 1.29 is 22.7 Å². The molecule has 1 fully saturated rings. The maximum absolute atomic E-state index is 13.1. The summed E-state index contributed by atoms with van der Waals surface area (Å²) in [4.78, 5) is 26.5. The van der Waals surface area contributed by atoms with Crippen LogP contribution >= 0.6 is 11.3 Å². The first-order valence-corrected chi connectivity index (χ1v) is 13.7. The van der Waals surface area contributed by atoms with Gasteiger partial charge in [0.25, 0.3) is 5.91 Å². The fourth-order valence-corrected chi connectivity index (χ4v) is 6.71. The van der Waals surface area contributed by atoms with E-state index >= 15 is 0 Å². The van der Waals surface area contributed by atoms with Gasteiger partial charge < -0.3 is 10.1 Å². The monoisotopic (exact) mass is 512 g/mol. The first-order chi connectivity index (χ1) is 16.8. The van der Waals surface area contributed by atoms with Gasteiger partial charge in [-0.25, -0.2) is 13.2 Å². The van der Waals surface area contributed by atoms with E-state index in [1.807, 2.05) is 30.3 Å². The molecule has 35 heavy (non-hydrogen) atoms. The molecule has 1 aliphatic rings. The van der Waals surface area contributed by atoms with E-state index in [4.69, 9.17) is 4.74 Å². The summed E-state index contributed by atoms with van der Waals surface area (Å²) in [5, 5.41) is 2.78. The van der Waals surface area contributed by atoms with Gasteiger partial charge in [0.2, 0.25) is 10.0 Å². The molecule has 1 N–H and O–H groups in total. The number of anilines is 1. The van der Waals surface area contributed by atoms with Crippen LogP contribution in [0.1, 0.15) is 52.1 Å². The van der Waals surface area contributed by atoms with Crippen LogP contribution in [0.3, 0.4) is 0 Å². The third kappa shape index (κ3) is 5.47. The summed E-state index contributed by atoms with van der Waals surface area (Å²) in [6, 6.07) is 17.1. The van der Waals surface area contributed by atoms with Crippen molar-refractivity contribution in [2.75, 3.05) is 19.5 Å². The van der Waals surface area contributed by atoms with Crippen LogP contribution in [0, 0.1) is 0 Å². The largest absolute Gasteiger partial charge is 0.465 e. The summed E-state index contributed by atoms with van der Waals surface area (Å²) in [5.74, 6) is -0.989. The standard InChI is InChI=1S/C26H28N2O5S2/c1-28(20-11-7-4-8-12-20)35(31,32)21-15-13-19(14-16-21)25(29)27-22-17-23(18-9-5-3-6-10-18)34-24(22)26(30)33-2/h3,5-6,9-10,13-17,20H,4,7-8,11-12H2,1-2H3,(H,27,29). The maximum atomic E-state index is 13.1. The number of thiophene rings is 1. The van der Waals surface area contributed by atoms with Crippen LogP contribution in [0.25, 0.3) is 10.4 Å². The van der Waals surface area contributed by atoms with Crippen LogP contribution in [-0.2, 0) is 14.8 Å². The van der Waals surface area contributed by atoms with Crippen molar-refractivity contribution in [1.82, 2.24) is 4.31 Å². The Morgan fingerprint density at radius 3 is 2.29 bits per heavy atom. The van der Waals surface area contributed by atoms with Gasteiger partial charge in [-0.2, -0.15) is 4.31 Å². The van der Waals surface area contributed by atoms with Gasteiger partial charge in [-0.15, -0.1) is 11.3 Å². The highest BCUT2D eigenvalue weighted by Crippen LogP contribution is 2.35. The topological polar surface area (TPSA) is 92.8 Å². The van der Waals surface area contributed by atoms with Gasteiger partial charge in [-0.3, -0.25) is 4.79 Å². The average molecular weight is 513 g/mol. The molecule has 0 aliphatic heterocycles. The zero-order chi connectivity index (χ0) is 25.0. The van der Waals surface area contributed by atoms with Crippen molar-refractivity contribution in [3.63, 3.8) is 0 Å². The molecule has 184 valence electrons. The molecular weight excluding hydrogens is 484 g/mol. The molecule has 1 heterocycles. The number of ether oxygens (including phenoxy) is 1. The predicted octanol–water partition coefficient (Wildman–Crippen LogP) is 5.41. The SMILES string of the molecule is COC(=O)c1sc(-c2ccccc2)cc1NC(=O)c1ccc(S(=O)(=O)N(C)C2CCCCC2)cc1. The second-order valence-corrected chi connectivity index (χ2v) is 11.6. The number of rotatable bonds is 7. The Balaban J connectivity index is 1.53. The highest BCUT2D eigenvalue weighted by Gasteiger charge is 2.29. The number of nitrogens with one attached hydrogen (secondary N) is 1. The number of hydrogen-bond acceptors (Lipinski definition) is 6. The molecule has 0 bridgehead atoms. The minimum atomic E-state index is -3.65. The van der Waals surface area contributed by atoms with E-state index in [0.717, 1.165) is 42.5 Å². The molecule has 0 unspecified atom stereocenters. The van der Waals surface area contributed by atoms with Crippen molar-refractivity contribution in [2.45, 2.75) is 43.0 Å². The van der Waals surface area contributed by atoms with E-state index < -0.39 is 21.9 Å². The number of esters is 1. The Morgan fingerprint density at radius 2 is 1.66 bits per heavy atom. The fraction of sp³-hybridized carbons (Fsp3) is 0.308. The highest BCUT2D eigenvalue weighted by atomic mass is 32.2. The smallest absolute Gasteiger partial charge is 0.350 e. The molecular formula is C26H28N2O5S2. The molecule has 2 aromatic carbocycles. The zero-order valence-electron chi connectivity index (χ0n) is 19.7. The van der Waals surface area contributed by atoms with Crippen molar-refractivity contribution >= 4 is 38.9 Å². The normalized spacial score (nSPS) is 14.6. The van der Waals surface area contributed by atoms with Crippen molar-refractivity contribution in [2.24, 2.45) is 0 Å². The van der Waals surface area contributed by atoms with Crippen LogP contribution in [0.5, 0.6) is 0 Å². The van der Waals surface area contributed by atoms with Crippen LogP contribution in [0.2, 0.25) is 0 Å². The Morgan fingerprint density at radius 1 is 1.00 bits per heavy atom. The molecule has 1 aromatic heterocycles. The molecule has 7 nitrogen and oxygen atoms in total. The van der Waals surface area contributed by atoms with Crippen molar-refractivity contribution in [3.05, 3.63) is 71.1 Å². The number of amides is 1. The van der Waals surface area contributed by atoms with Gasteiger partial charge >= 0.3 is 5.97 Å². The number of sulfonamides is 1. The molecule has 1 aliphatic carbocycles. The number of carbonyl (C=O) groups excluding carboxylic acids is 2. The first-order valence-electron chi connectivity index (χ1n) is 11.5. The van der Waals surface area contributed by atoms with E-state index in [1.165, 1.54) is 47.0 Å². The fourth-order valence-electron chi connectivity index (χ4n) is 4.25. The Kier molecular flexibility index (Phi) is 7.69. The lowest BCUT2D eigenvalue weighted by atomic mass is 9.96. The Labute approximate surface area is 209 Å². The van der Waals surface area contributed by atoms with Crippen molar-refractivity contribution in [1.29, 1.82) is 0 Å². The molecule has 1 saturated carbocycles. The lowest BCUT2D eigenvalue weighted by molar-refractivity contribution is 0.0607. The molecule has 0 saturated heterocycles. The average Bonchev–Trinajstić information content (AvgIpc) is 3.32. The van der Waals surface area contributed by atoms with Gasteiger partial charge in [0, 0.05) is 23.5 Å². The second kappa shape index (κ2) is 10.7. The Bertz CT molecular complexity index is 1300. The second-order valence-electron chi connectivity index (χ2n) is 8.50. The van der Waals surface area contributed by atoms with Crippen LogP contribution in [0.15, 0.2) is 65.6 Å². The van der Waals surface area contributed by atoms with E-state index in [0.29, 0.717) is 5.69 Å². The third-order valence-electron chi connectivity index (χ3n) is 6.29. The molecule has 9 heteroatoms. The van der Waals surface area contributed by atoms with E-state index in [-0.39, 0.29) is 21.4 Å². The minimum Gasteiger partial charge on any atom is -0.465 e. The molecule has 0 radical (unpaired) electrons. The van der Waals surface area contributed by atoms with E-state index in [2.05, 4.69) is 5.32 Å². The van der Waals surface area contributed by atoms with Gasteiger partial charge in [-0.1, -0.05) is 49.6 Å². The summed E-state index contributed by atoms with van der Waals surface area (Å²) in [7, 11) is -0.729. The summed E-state index contributed by atoms with van der Waals surface area (Å²) in [6.45, 7) is 0. The summed E-state index contributed by atoms with van der Waals surface area (Å²) < 4.78 is 32.5. The number of nitrogens with zero attached hydrogens (tertiary/aromatic N) is 1. The molecule has 0 spiro atoms. The zero-order valence-corrected chi connectivity index (χ0v) is 21.3. The molecule has 1 amide bonds. The number of benzene rings is 2. The number of methoxy groups -OCH3 is 1. The maximum Gasteiger partial charge on any atom is 0.350 e. The summed E-state index contributed by atoms with van der Waals surface area (Å²) in [6.07, 6.45) is 4.94. The number of carbonyl (C=O) groups is 2. The van der Waals surface area contributed by atoms with Gasteiger partial charge in [-0.05, 0) is 48.7 Å². The summed E-state index contributed by atoms with van der Waals surface area (Å²) >= 11 is 1.23. The van der Waals surface area contributed by atoms with E-state index in [9.17, 15) is 18.0 Å². The molecule has 3 aromatic rings. The summed E-state index contributed by atoms with van der Waals surface area (Å²) in [5.41, 5.74) is 1.55. The first kappa shape index (κ1) is 25.1. The van der Waals surface area contributed by atoms with Crippen LogP contribution < -0.4 is 5.32 Å². The van der Waals surface area contributed by atoms with Gasteiger partial charge in [0.05, 0.1) is 17.7 Å². The number of hydrogen-bond donors (Lipinski definition) is 1. The van der Waals surface area contributed by atoms with Gasteiger partial charge in [0.1, 0.15) is 4.88 Å². The highest BCUT2D eigenvalue weighted by molar-refractivity contribution is 7.89. The predicted molar refractivity (Wildman–Crippen MR) is 137 cm³/mol. The Hall–Kier alpha value is -3.01. The quantitative estimate of drug-likeness (QED) is 0.428. The minimum absolute atomic E-state index is 0.00543. The van der Waals surface area contributed by atoms with Crippen molar-refractivity contribution in [3.8, 4) is 10.4 Å². The lowest BCUT2D eigenvalue weighted by Crippen LogP contribution is -2.38. The molecule has 4 rings (SSSR count). The van der Waals surface area contributed by atoms with Crippen LogP contribution in [0.4, 0.5) is 5.69 Å². The third-order valence-corrected chi connectivity index (χ3v) is 9.38.